The molecule has 98 valence electrons. The van der Waals surface area contributed by atoms with Crippen LogP contribution in [0.2, 0.25) is 0 Å². The Hall–Kier alpha value is -2.50. The molecule has 0 aliphatic rings. The minimum absolute atomic E-state index is 0.0135. The molecule has 2 aromatic heterocycles. The lowest BCUT2D eigenvalue weighted by molar-refractivity contribution is 0.0510. The molecule has 0 saturated carbocycles. The Morgan fingerprint density at radius 1 is 1.21 bits per heavy atom. The number of carbonyl (C=O) groups excluding carboxylic acids is 1. The fourth-order valence-electron chi connectivity index (χ4n) is 1.35. The molecule has 2 rings (SSSR count). The van der Waals surface area contributed by atoms with Crippen LogP contribution >= 0.6 is 0 Å². The Balaban J connectivity index is 2.01. The number of pyridine rings is 1. The smallest absolute Gasteiger partial charge is 0.376 e. The number of rotatable bonds is 5. The summed E-state index contributed by atoms with van der Waals surface area (Å²) >= 11 is 0. The molecule has 0 radical (unpaired) electrons. The highest BCUT2D eigenvalue weighted by molar-refractivity contribution is 5.85. The lowest BCUT2D eigenvalue weighted by atomic mass is 10.4. The summed E-state index contributed by atoms with van der Waals surface area (Å²) in [5.74, 6) is -0.269. The van der Waals surface area contributed by atoms with E-state index < -0.39 is 5.97 Å². The molecule has 6 nitrogen and oxygen atoms in total. The highest BCUT2D eigenvalue weighted by Gasteiger charge is 2.11. The van der Waals surface area contributed by atoms with Gasteiger partial charge >= 0.3 is 5.97 Å². The molecule has 0 fully saturated rings. The van der Waals surface area contributed by atoms with Gasteiger partial charge in [0.1, 0.15) is 6.61 Å². The first kappa shape index (κ1) is 12.9. The van der Waals surface area contributed by atoms with Crippen LogP contribution < -0.4 is 4.74 Å². The van der Waals surface area contributed by atoms with Crippen molar-refractivity contribution in [3.63, 3.8) is 0 Å². The van der Waals surface area contributed by atoms with Crippen molar-refractivity contribution < 1.29 is 14.3 Å². The number of esters is 1. The summed E-state index contributed by atoms with van der Waals surface area (Å²) in [5.41, 5.74) is 0.777. The normalized spacial score (nSPS) is 9.95. The summed E-state index contributed by atoms with van der Waals surface area (Å²) in [6.07, 6.45) is 3.13. The van der Waals surface area contributed by atoms with Crippen LogP contribution in [0.15, 0.2) is 36.7 Å². The van der Waals surface area contributed by atoms with Crippen molar-refractivity contribution >= 4 is 5.97 Å². The SMILES string of the molecule is CCOC(=O)c1nccc(OCc2ccccn2)n1. The minimum Gasteiger partial charge on any atom is -0.471 e. The predicted molar refractivity (Wildman–Crippen MR) is 66.6 cm³/mol. The molecule has 0 atom stereocenters. The molecule has 0 aliphatic carbocycles. The van der Waals surface area contributed by atoms with Crippen LogP contribution in [0, 0.1) is 0 Å². The summed E-state index contributed by atoms with van der Waals surface area (Å²) in [5, 5.41) is 0. The maximum absolute atomic E-state index is 11.5. The predicted octanol–water partition coefficient (Wildman–Crippen LogP) is 1.63. The zero-order valence-electron chi connectivity index (χ0n) is 10.4. The van der Waals surface area contributed by atoms with Crippen LogP contribution in [0.3, 0.4) is 0 Å². The standard InChI is InChI=1S/C13H13N3O3/c1-2-18-13(17)12-15-8-6-11(16-12)19-9-10-5-3-4-7-14-10/h3-8H,2,9H2,1H3. The van der Waals surface area contributed by atoms with E-state index in [4.69, 9.17) is 9.47 Å². The average Bonchev–Trinajstić information content (AvgIpc) is 2.47. The third kappa shape index (κ3) is 3.74. The van der Waals surface area contributed by atoms with E-state index in [0.29, 0.717) is 5.88 Å². The first-order valence-corrected chi connectivity index (χ1v) is 5.82. The van der Waals surface area contributed by atoms with Crippen molar-refractivity contribution in [1.82, 2.24) is 15.0 Å². The third-order valence-electron chi connectivity index (χ3n) is 2.18. The topological polar surface area (TPSA) is 74.2 Å². The van der Waals surface area contributed by atoms with Gasteiger partial charge in [-0.2, -0.15) is 4.98 Å². The fraction of sp³-hybridized carbons (Fsp3) is 0.231. The van der Waals surface area contributed by atoms with Crippen molar-refractivity contribution in [3.8, 4) is 5.88 Å². The monoisotopic (exact) mass is 259 g/mol. The largest absolute Gasteiger partial charge is 0.471 e. The van der Waals surface area contributed by atoms with Crippen molar-refractivity contribution in [2.75, 3.05) is 6.61 Å². The molecule has 6 heteroatoms. The van der Waals surface area contributed by atoms with E-state index >= 15 is 0 Å². The number of aromatic nitrogens is 3. The Morgan fingerprint density at radius 3 is 2.84 bits per heavy atom. The highest BCUT2D eigenvalue weighted by atomic mass is 16.5. The number of hydrogen-bond acceptors (Lipinski definition) is 6. The Kier molecular flexibility index (Phi) is 4.39. The molecule has 0 unspecified atom stereocenters. The molecule has 0 bridgehead atoms. The molecule has 0 saturated heterocycles. The van der Waals surface area contributed by atoms with E-state index in [2.05, 4.69) is 15.0 Å². The molecule has 19 heavy (non-hydrogen) atoms. The third-order valence-corrected chi connectivity index (χ3v) is 2.18. The van der Waals surface area contributed by atoms with Gasteiger partial charge < -0.3 is 9.47 Å². The van der Waals surface area contributed by atoms with Gasteiger partial charge in [-0.25, -0.2) is 9.78 Å². The molecule has 0 aromatic carbocycles. The van der Waals surface area contributed by atoms with Crippen molar-refractivity contribution in [1.29, 1.82) is 0 Å². The van der Waals surface area contributed by atoms with Gasteiger partial charge in [0, 0.05) is 18.5 Å². The van der Waals surface area contributed by atoms with Crippen LogP contribution in [-0.4, -0.2) is 27.5 Å². The van der Waals surface area contributed by atoms with Crippen LogP contribution in [0.5, 0.6) is 5.88 Å². The van der Waals surface area contributed by atoms with Crippen LogP contribution in [-0.2, 0) is 11.3 Å². The molecular formula is C13H13N3O3. The lowest BCUT2D eigenvalue weighted by Gasteiger charge is -2.05. The van der Waals surface area contributed by atoms with E-state index in [9.17, 15) is 4.79 Å². The number of hydrogen-bond donors (Lipinski definition) is 0. The summed E-state index contributed by atoms with van der Waals surface area (Å²) < 4.78 is 10.3. The van der Waals surface area contributed by atoms with Gasteiger partial charge in [-0.3, -0.25) is 4.98 Å². The quantitative estimate of drug-likeness (QED) is 0.760. The van der Waals surface area contributed by atoms with Crippen LogP contribution in [0.25, 0.3) is 0 Å². The van der Waals surface area contributed by atoms with Crippen molar-refractivity contribution in [2.45, 2.75) is 13.5 Å². The maximum Gasteiger partial charge on any atom is 0.376 e. The zero-order chi connectivity index (χ0) is 13.5. The summed E-state index contributed by atoms with van der Waals surface area (Å²) in [6, 6.07) is 7.11. The minimum atomic E-state index is -0.564. The molecule has 0 aliphatic heterocycles. The number of ether oxygens (including phenoxy) is 2. The number of nitrogens with zero attached hydrogens (tertiary/aromatic N) is 3. The molecular weight excluding hydrogens is 246 g/mol. The van der Waals surface area contributed by atoms with Crippen LogP contribution in [0.4, 0.5) is 0 Å². The Morgan fingerprint density at radius 2 is 2.11 bits per heavy atom. The van der Waals surface area contributed by atoms with Crippen LogP contribution in [0.1, 0.15) is 23.2 Å². The Labute approximate surface area is 110 Å². The van der Waals surface area contributed by atoms with Gasteiger partial charge in [0.15, 0.2) is 0 Å². The lowest BCUT2D eigenvalue weighted by Crippen LogP contribution is -2.10. The molecule has 2 aromatic rings. The first-order valence-electron chi connectivity index (χ1n) is 5.82. The zero-order valence-corrected chi connectivity index (χ0v) is 10.4. The number of carbonyl (C=O) groups is 1. The second kappa shape index (κ2) is 6.44. The molecule has 0 spiro atoms. The second-order valence-corrected chi connectivity index (χ2v) is 3.55. The summed E-state index contributed by atoms with van der Waals surface area (Å²) in [7, 11) is 0. The fourth-order valence-corrected chi connectivity index (χ4v) is 1.35. The van der Waals surface area contributed by atoms with Gasteiger partial charge in [0.2, 0.25) is 11.7 Å². The van der Waals surface area contributed by atoms with E-state index in [1.54, 1.807) is 19.2 Å². The van der Waals surface area contributed by atoms with Crippen molar-refractivity contribution in [3.05, 3.63) is 48.2 Å². The van der Waals surface area contributed by atoms with Gasteiger partial charge in [0.25, 0.3) is 0 Å². The van der Waals surface area contributed by atoms with Gasteiger partial charge in [-0.1, -0.05) is 6.07 Å². The van der Waals surface area contributed by atoms with Gasteiger partial charge in [-0.05, 0) is 19.1 Å². The molecule has 2 heterocycles. The van der Waals surface area contributed by atoms with Crippen molar-refractivity contribution in [2.24, 2.45) is 0 Å². The van der Waals surface area contributed by atoms with E-state index in [-0.39, 0.29) is 19.0 Å². The van der Waals surface area contributed by atoms with E-state index in [1.807, 2.05) is 18.2 Å². The average molecular weight is 259 g/mol. The van der Waals surface area contributed by atoms with E-state index in [0.717, 1.165) is 5.69 Å². The second-order valence-electron chi connectivity index (χ2n) is 3.55. The van der Waals surface area contributed by atoms with Gasteiger partial charge in [-0.15, -0.1) is 0 Å². The van der Waals surface area contributed by atoms with E-state index in [1.165, 1.54) is 6.20 Å². The van der Waals surface area contributed by atoms with Gasteiger partial charge in [0.05, 0.1) is 12.3 Å². The molecule has 0 N–H and O–H groups in total. The summed E-state index contributed by atoms with van der Waals surface area (Å²) in [4.78, 5) is 23.4. The molecule has 0 amide bonds. The Bertz CT molecular complexity index is 546. The maximum atomic E-state index is 11.5. The summed E-state index contributed by atoms with van der Waals surface area (Å²) in [6.45, 7) is 2.28. The highest BCUT2D eigenvalue weighted by Crippen LogP contribution is 2.08. The first-order chi connectivity index (χ1) is 9.29.